The lowest BCUT2D eigenvalue weighted by molar-refractivity contribution is -0.131. The molecule has 0 bridgehead atoms. The molecule has 2 rings (SSSR count). The first-order chi connectivity index (χ1) is 10.1. The van der Waals surface area contributed by atoms with Crippen LogP contribution in [-0.4, -0.2) is 28.1 Å². The summed E-state index contributed by atoms with van der Waals surface area (Å²) in [5.74, 6) is -0.618. The summed E-state index contributed by atoms with van der Waals surface area (Å²) in [5, 5.41) is 14.2. The van der Waals surface area contributed by atoms with Gasteiger partial charge in [-0.2, -0.15) is 0 Å². The van der Waals surface area contributed by atoms with Crippen molar-refractivity contribution in [2.75, 3.05) is 5.32 Å². The predicted octanol–water partition coefficient (Wildman–Crippen LogP) is 2.63. The number of aliphatic carboxylic acids is 1. The lowest BCUT2D eigenvalue weighted by Gasteiger charge is -2.22. The van der Waals surface area contributed by atoms with Crippen molar-refractivity contribution in [2.45, 2.75) is 38.1 Å². The number of amides is 2. The van der Waals surface area contributed by atoms with Crippen LogP contribution in [-0.2, 0) is 4.79 Å². The monoisotopic (exact) mass is 289 g/mol. The number of nitrogens with zero attached hydrogens (tertiary/aromatic N) is 1. The average molecular weight is 289 g/mol. The number of nitrogens with one attached hydrogen (secondary N) is 2. The smallest absolute Gasteiger partial charge is 0.328 e. The van der Waals surface area contributed by atoms with Crippen LogP contribution < -0.4 is 10.6 Å². The van der Waals surface area contributed by atoms with E-state index in [9.17, 15) is 9.59 Å². The van der Waals surface area contributed by atoms with E-state index in [1.807, 2.05) is 0 Å². The molecule has 0 unspecified atom stereocenters. The third-order valence-electron chi connectivity index (χ3n) is 3.38. The first kappa shape index (κ1) is 15.0. The molecule has 0 atom stereocenters. The Labute approximate surface area is 123 Å². The maximum atomic E-state index is 11.9. The minimum absolute atomic E-state index is 0.230. The molecule has 1 fully saturated rings. The standard InChI is InChI=1S/C15H19N3O3/c19-14(20)7-6-11-8-9-16-13(10-11)18-15(21)17-12-4-2-1-3-5-12/h6-10,12H,1-5H2,(H,19,20)(H2,16,17,18,21)/b7-6+. The number of carbonyl (C=O) groups is 2. The molecule has 112 valence electrons. The second-order valence-corrected chi connectivity index (χ2v) is 5.08. The Bertz CT molecular complexity index is 537. The highest BCUT2D eigenvalue weighted by molar-refractivity contribution is 5.89. The van der Waals surface area contributed by atoms with Crippen LogP contribution in [0.25, 0.3) is 6.08 Å². The van der Waals surface area contributed by atoms with Crippen molar-refractivity contribution in [3.05, 3.63) is 30.0 Å². The first-order valence-corrected chi connectivity index (χ1v) is 7.08. The molecule has 1 aromatic rings. The van der Waals surface area contributed by atoms with Crippen molar-refractivity contribution in [3.63, 3.8) is 0 Å². The third kappa shape index (κ3) is 5.25. The van der Waals surface area contributed by atoms with Crippen LogP contribution in [0, 0.1) is 0 Å². The van der Waals surface area contributed by atoms with Crippen LogP contribution in [0.5, 0.6) is 0 Å². The third-order valence-corrected chi connectivity index (χ3v) is 3.38. The van der Waals surface area contributed by atoms with Gasteiger partial charge in [0, 0.05) is 18.3 Å². The molecule has 0 saturated heterocycles. The van der Waals surface area contributed by atoms with Gasteiger partial charge in [-0.1, -0.05) is 19.3 Å². The Balaban J connectivity index is 1.90. The molecule has 1 aliphatic carbocycles. The molecule has 0 aliphatic heterocycles. The van der Waals surface area contributed by atoms with Gasteiger partial charge in [-0.05, 0) is 36.6 Å². The van der Waals surface area contributed by atoms with Crippen molar-refractivity contribution in [3.8, 4) is 0 Å². The highest BCUT2D eigenvalue weighted by Gasteiger charge is 2.15. The topological polar surface area (TPSA) is 91.3 Å². The van der Waals surface area contributed by atoms with Gasteiger partial charge in [0.05, 0.1) is 0 Å². The maximum Gasteiger partial charge on any atom is 0.328 e. The average Bonchev–Trinajstić information content (AvgIpc) is 2.46. The number of rotatable bonds is 4. The molecule has 6 heteroatoms. The van der Waals surface area contributed by atoms with Crippen LogP contribution in [0.3, 0.4) is 0 Å². The number of pyridine rings is 1. The summed E-state index contributed by atoms with van der Waals surface area (Å²) in [4.78, 5) is 26.4. The van der Waals surface area contributed by atoms with Gasteiger partial charge in [-0.15, -0.1) is 0 Å². The molecule has 0 aromatic carbocycles. The molecule has 2 amide bonds. The highest BCUT2D eigenvalue weighted by Crippen LogP contribution is 2.17. The number of anilines is 1. The number of carbonyl (C=O) groups excluding carboxylic acids is 1. The van der Waals surface area contributed by atoms with Crippen molar-refractivity contribution >= 4 is 23.9 Å². The van der Waals surface area contributed by atoms with Gasteiger partial charge in [-0.3, -0.25) is 5.32 Å². The van der Waals surface area contributed by atoms with E-state index in [1.54, 1.807) is 12.1 Å². The molecule has 0 radical (unpaired) electrons. The summed E-state index contributed by atoms with van der Waals surface area (Å²) in [6.45, 7) is 0. The SMILES string of the molecule is O=C(O)/C=C/c1ccnc(NC(=O)NC2CCCCC2)c1. The molecule has 21 heavy (non-hydrogen) atoms. The summed E-state index contributed by atoms with van der Waals surface area (Å²) in [6.07, 6.45) is 9.59. The van der Waals surface area contributed by atoms with Crippen molar-refractivity contribution in [1.29, 1.82) is 0 Å². The Kier molecular flexibility index (Phi) is 5.31. The maximum absolute atomic E-state index is 11.9. The van der Waals surface area contributed by atoms with E-state index in [-0.39, 0.29) is 12.1 Å². The van der Waals surface area contributed by atoms with E-state index >= 15 is 0 Å². The fourth-order valence-corrected chi connectivity index (χ4v) is 2.37. The van der Waals surface area contributed by atoms with Crippen LogP contribution in [0.1, 0.15) is 37.7 Å². The van der Waals surface area contributed by atoms with Crippen molar-refractivity contribution < 1.29 is 14.7 Å². The zero-order valence-corrected chi connectivity index (χ0v) is 11.7. The molecule has 1 aliphatic rings. The van der Waals surface area contributed by atoms with Gasteiger partial charge >= 0.3 is 12.0 Å². The molecule has 0 spiro atoms. The molecule has 6 nitrogen and oxygen atoms in total. The summed E-state index contributed by atoms with van der Waals surface area (Å²) < 4.78 is 0. The number of carboxylic acid groups (broad SMARTS) is 1. The quantitative estimate of drug-likeness (QED) is 0.743. The Morgan fingerprint density at radius 3 is 2.76 bits per heavy atom. The first-order valence-electron chi connectivity index (χ1n) is 7.08. The highest BCUT2D eigenvalue weighted by atomic mass is 16.4. The summed E-state index contributed by atoms with van der Waals surface area (Å²) >= 11 is 0. The van der Waals surface area contributed by atoms with Crippen molar-refractivity contribution in [1.82, 2.24) is 10.3 Å². The second kappa shape index (κ2) is 7.42. The van der Waals surface area contributed by atoms with E-state index in [0.29, 0.717) is 11.4 Å². The lowest BCUT2D eigenvalue weighted by Crippen LogP contribution is -2.39. The Hall–Kier alpha value is -2.37. The van der Waals surface area contributed by atoms with Gasteiger partial charge in [0.1, 0.15) is 5.82 Å². The number of aromatic nitrogens is 1. The predicted molar refractivity (Wildman–Crippen MR) is 79.9 cm³/mol. The van der Waals surface area contributed by atoms with Gasteiger partial charge < -0.3 is 10.4 Å². The summed E-state index contributed by atoms with van der Waals surface area (Å²) in [7, 11) is 0. The van der Waals surface area contributed by atoms with Crippen LogP contribution in [0.15, 0.2) is 24.4 Å². The fourth-order valence-electron chi connectivity index (χ4n) is 2.37. The minimum Gasteiger partial charge on any atom is -0.478 e. The molecule has 1 aromatic heterocycles. The zero-order chi connectivity index (χ0) is 15.1. The van der Waals surface area contributed by atoms with Crippen LogP contribution in [0.2, 0.25) is 0 Å². The van der Waals surface area contributed by atoms with Gasteiger partial charge in [-0.25, -0.2) is 14.6 Å². The zero-order valence-electron chi connectivity index (χ0n) is 11.7. The van der Waals surface area contributed by atoms with E-state index < -0.39 is 5.97 Å². The van der Waals surface area contributed by atoms with Gasteiger partial charge in [0.15, 0.2) is 0 Å². The van der Waals surface area contributed by atoms with E-state index in [4.69, 9.17) is 5.11 Å². The molecular weight excluding hydrogens is 270 g/mol. The summed E-state index contributed by atoms with van der Waals surface area (Å²) in [5.41, 5.74) is 0.667. The Morgan fingerprint density at radius 2 is 2.05 bits per heavy atom. The second-order valence-electron chi connectivity index (χ2n) is 5.08. The van der Waals surface area contributed by atoms with Crippen molar-refractivity contribution in [2.24, 2.45) is 0 Å². The number of carboxylic acids is 1. The number of hydrogen-bond acceptors (Lipinski definition) is 3. The van der Waals surface area contributed by atoms with Crippen LogP contribution in [0.4, 0.5) is 10.6 Å². The fraction of sp³-hybridized carbons (Fsp3) is 0.400. The minimum atomic E-state index is -1.02. The molecule has 1 heterocycles. The van der Waals surface area contributed by atoms with E-state index in [1.165, 1.54) is 18.7 Å². The van der Waals surface area contributed by atoms with E-state index in [0.717, 1.165) is 31.8 Å². The van der Waals surface area contributed by atoms with Gasteiger partial charge in [0.25, 0.3) is 0 Å². The largest absolute Gasteiger partial charge is 0.478 e. The molecular formula is C15H19N3O3. The van der Waals surface area contributed by atoms with Crippen LogP contribution >= 0.6 is 0 Å². The number of hydrogen-bond donors (Lipinski definition) is 3. The normalized spacial score (nSPS) is 15.8. The van der Waals surface area contributed by atoms with E-state index in [2.05, 4.69) is 15.6 Å². The number of urea groups is 1. The molecule has 3 N–H and O–H groups in total. The molecule has 1 saturated carbocycles. The Morgan fingerprint density at radius 1 is 1.29 bits per heavy atom. The van der Waals surface area contributed by atoms with Gasteiger partial charge in [0.2, 0.25) is 0 Å². The summed E-state index contributed by atoms with van der Waals surface area (Å²) in [6, 6.07) is 3.26. The lowest BCUT2D eigenvalue weighted by atomic mass is 9.96.